The van der Waals surface area contributed by atoms with Gasteiger partial charge >= 0.3 is 0 Å². The zero-order valence-corrected chi connectivity index (χ0v) is 16.1. The van der Waals surface area contributed by atoms with Crippen LogP contribution < -0.4 is 10.1 Å². The molecule has 1 aromatic carbocycles. The van der Waals surface area contributed by atoms with Crippen LogP contribution in [0.1, 0.15) is 37.2 Å². The van der Waals surface area contributed by atoms with Crippen LogP contribution in [0.2, 0.25) is 0 Å². The maximum Gasteiger partial charge on any atom is 0.270 e. The van der Waals surface area contributed by atoms with E-state index in [0.717, 1.165) is 13.0 Å². The van der Waals surface area contributed by atoms with Gasteiger partial charge in [0.15, 0.2) is 0 Å². The van der Waals surface area contributed by atoms with E-state index >= 15 is 4.39 Å². The fraction of sp³-hybridized carbons (Fsp3) is 0.429. The number of piperidine rings is 1. The number of amides is 1. The molecule has 2 aromatic rings. The minimum absolute atomic E-state index is 0.0558. The molecule has 0 saturated carbocycles. The molecule has 5 nitrogen and oxygen atoms in total. The number of nitrogens with zero attached hydrogens (tertiary/aromatic N) is 2. The Bertz CT molecular complexity index is 814. The first-order valence-electron chi connectivity index (χ1n) is 9.45. The van der Waals surface area contributed by atoms with Crippen molar-refractivity contribution in [3.8, 4) is 11.5 Å². The van der Waals surface area contributed by atoms with Crippen LogP contribution in [0.4, 0.5) is 8.78 Å². The van der Waals surface area contributed by atoms with Crippen LogP contribution in [-0.4, -0.2) is 47.1 Å². The Morgan fingerprint density at radius 1 is 1.29 bits per heavy atom. The van der Waals surface area contributed by atoms with E-state index in [1.54, 1.807) is 6.07 Å². The lowest BCUT2D eigenvalue weighted by atomic mass is 9.93. The zero-order valence-electron chi connectivity index (χ0n) is 16.1. The van der Waals surface area contributed by atoms with Gasteiger partial charge in [-0.25, -0.2) is 8.78 Å². The molecule has 28 heavy (non-hydrogen) atoms. The van der Waals surface area contributed by atoms with Crippen molar-refractivity contribution in [2.45, 2.75) is 38.4 Å². The lowest BCUT2D eigenvalue weighted by Crippen LogP contribution is -2.53. The van der Waals surface area contributed by atoms with Crippen molar-refractivity contribution in [1.29, 1.82) is 0 Å². The molecule has 0 radical (unpaired) electrons. The van der Waals surface area contributed by atoms with Gasteiger partial charge in [-0.15, -0.1) is 0 Å². The predicted molar refractivity (Wildman–Crippen MR) is 103 cm³/mol. The molecule has 3 rings (SSSR count). The third-order valence-electron chi connectivity index (χ3n) is 4.87. The van der Waals surface area contributed by atoms with Gasteiger partial charge in [-0.1, -0.05) is 0 Å². The lowest BCUT2D eigenvalue weighted by molar-refractivity contribution is 0.0293. The van der Waals surface area contributed by atoms with Gasteiger partial charge in [0.05, 0.1) is 6.54 Å². The highest BCUT2D eigenvalue weighted by atomic mass is 19.1. The van der Waals surface area contributed by atoms with Gasteiger partial charge in [-0.2, -0.15) is 0 Å². The minimum Gasteiger partial charge on any atom is -0.457 e. The summed E-state index contributed by atoms with van der Waals surface area (Å²) in [5.74, 6) is 0.0207. The van der Waals surface area contributed by atoms with Crippen molar-refractivity contribution in [3.63, 3.8) is 0 Å². The van der Waals surface area contributed by atoms with Gasteiger partial charge in [0.2, 0.25) is 0 Å². The van der Waals surface area contributed by atoms with Gasteiger partial charge < -0.3 is 10.1 Å². The number of hydrogen-bond donors (Lipinski definition) is 1. The van der Waals surface area contributed by atoms with Crippen molar-refractivity contribution >= 4 is 5.91 Å². The number of aromatic nitrogens is 1. The van der Waals surface area contributed by atoms with E-state index in [-0.39, 0.29) is 24.1 Å². The number of halogens is 2. The molecule has 1 N–H and O–H groups in total. The normalized spacial score (nSPS) is 20.2. The summed E-state index contributed by atoms with van der Waals surface area (Å²) in [4.78, 5) is 18.6. The number of carbonyl (C=O) groups excluding carboxylic acids is 1. The van der Waals surface area contributed by atoms with E-state index in [9.17, 15) is 9.18 Å². The number of alkyl halides is 1. The maximum atomic E-state index is 15.1. The molecule has 150 valence electrons. The number of rotatable bonds is 6. The van der Waals surface area contributed by atoms with Crippen LogP contribution in [-0.2, 0) is 0 Å². The zero-order chi connectivity index (χ0) is 20.1. The second-order valence-corrected chi connectivity index (χ2v) is 7.43. The topological polar surface area (TPSA) is 54.5 Å². The minimum atomic E-state index is -1.44. The second-order valence-electron chi connectivity index (χ2n) is 7.43. The number of hydrogen-bond acceptors (Lipinski definition) is 4. The van der Waals surface area contributed by atoms with Gasteiger partial charge in [0.25, 0.3) is 5.91 Å². The van der Waals surface area contributed by atoms with Crippen LogP contribution in [0, 0.1) is 5.82 Å². The molecule has 7 heteroatoms. The molecule has 1 aliphatic rings. The van der Waals surface area contributed by atoms with Crippen molar-refractivity contribution in [3.05, 3.63) is 54.1 Å². The van der Waals surface area contributed by atoms with E-state index in [1.807, 2.05) is 13.8 Å². The quantitative estimate of drug-likeness (QED) is 0.813. The standard InChI is InChI=1S/C21H25F2N3O2/c1-15(2)26-11-3-9-21(23,14-26)13-25-20(27)19-12-18(8-10-24-19)28-17-6-4-16(22)5-7-17/h4-8,10,12,15H,3,9,11,13-14H2,1-2H3,(H,25,27)/t21-/m1/s1. The largest absolute Gasteiger partial charge is 0.457 e. The van der Waals surface area contributed by atoms with Crippen LogP contribution >= 0.6 is 0 Å². The van der Waals surface area contributed by atoms with Crippen LogP contribution in [0.3, 0.4) is 0 Å². The highest BCUT2D eigenvalue weighted by Gasteiger charge is 2.36. The summed E-state index contributed by atoms with van der Waals surface area (Å²) in [5, 5.41) is 2.66. The van der Waals surface area contributed by atoms with Gasteiger partial charge in [-0.05, 0) is 63.6 Å². The van der Waals surface area contributed by atoms with Crippen LogP contribution in [0.15, 0.2) is 42.6 Å². The second kappa shape index (κ2) is 8.65. The summed E-state index contributed by atoms with van der Waals surface area (Å²) < 4.78 is 33.7. The summed E-state index contributed by atoms with van der Waals surface area (Å²) in [7, 11) is 0. The molecule has 1 aliphatic heterocycles. The smallest absolute Gasteiger partial charge is 0.270 e. The molecule has 1 fully saturated rings. The van der Waals surface area contributed by atoms with E-state index < -0.39 is 11.6 Å². The van der Waals surface area contributed by atoms with E-state index in [0.29, 0.717) is 24.5 Å². The third kappa shape index (κ3) is 5.25. The Hall–Kier alpha value is -2.54. The molecular formula is C21H25F2N3O2. The molecular weight excluding hydrogens is 364 g/mol. The average Bonchev–Trinajstić information content (AvgIpc) is 2.68. The fourth-order valence-corrected chi connectivity index (χ4v) is 3.27. The number of likely N-dealkylation sites (tertiary alicyclic amines) is 1. The predicted octanol–water partition coefficient (Wildman–Crippen LogP) is 3.96. The third-order valence-corrected chi connectivity index (χ3v) is 4.87. The first kappa shape index (κ1) is 20.2. The number of carbonyl (C=O) groups is 1. The van der Waals surface area contributed by atoms with Crippen LogP contribution in [0.5, 0.6) is 11.5 Å². The average molecular weight is 389 g/mol. The molecule has 0 unspecified atom stereocenters. The molecule has 2 heterocycles. The van der Waals surface area contributed by atoms with Gasteiger partial charge in [0.1, 0.15) is 28.7 Å². The first-order valence-corrected chi connectivity index (χ1v) is 9.45. The van der Waals surface area contributed by atoms with Crippen LogP contribution in [0.25, 0.3) is 0 Å². The van der Waals surface area contributed by atoms with Gasteiger partial charge in [0, 0.05) is 24.8 Å². The fourth-order valence-electron chi connectivity index (χ4n) is 3.27. The SMILES string of the molecule is CC(C)N1CCC[C@@](F)(CNC(=O)c2cc(Oc3ccc(F)cc3)ccn2)C1. The molecule has 0 aliphatic carbocycles. The monoisotopic (exact) mass is 389 g/mol. The maximum absolute atomic E-state index is 15.1. The summed E-state index contributed by atoms with van der Waals surface area (Å²) in [6.07, 6.45) is 2.64. The molecule has 1 atom stereocenters. The number of benzene rings is 1. The van der Waals surface area contributed by atoms with E-state index in [2.05, 4.69) is 15.2 Å². The molecule has 1 aromatic heterocycles. The summed E-state index contributed by atoms with van der Waals surface area (Å²) in [6.45, 7) is 5.22. The van der Waals surface area contributed by atoms with Gasteiger partial charge in [-0.3, -0.25) is 14.7 Å². The Morgan fingerprint density at radius 2 is 2.04 bits per heavy atom. The summed E-state index contributed by atoms with van der Waals surface area (Å²) in [5.41, 5.74) is -1.31. The first-order chi connectivity index (χ1) is 13.3. The van der Waals surface area contributed by atoms with Crippen molar-refractivity contribution < 1.29 is 18.3 Å². The number of ether oxygens (including phenoxy) is 1. The molecule has 0 bridgehead atoms. The van der Waals surface area contributed by atoms with E-state index in [4.69, 9.17) is 4.74 Å². The summed E-state index contributed by atoms with van der Waals surface area (Å²) >= 11 is 0. The molecule has 0 spiro atoms. The molecule has 1 amide bonds. The highest BCUT2D eigenvalue weighted by molar-refractivity contribution is 5.92. The summed E-state index contributed by atoms with van der Waals surface area (Å²) in [6, 6.07) is 8.90. The Balaban J connectivity index is 1.60. The Morgan fingerprint density at radius 3 is 2.75 bits per heavy atom. The van der Waals surface area contributed by atoms with Crippen molar-refractivity contribution in [2.75, 3.05) is 19.6 Å². The Kier molecular flexibility index (Phi) is 6.24. The number of pyridine rings is 1. The van der Waals surface area contributed by atoms with Crippen molar-refractivity contribution in [2.24, 2.45) is 0 Å². The number of nitrogens with one attached hydrogen (secondary N) is 1. The Labute approximate surface area is 163 Å². The molecule has 1 saturated heterocycles. The lowest BCUT2D eigenvalue weighted by Gasteiger charge is -2.39. The van der Waals surface area contributed by atoms with E-state index in [1.165, 1.54) is 36.5 Å². The van der Waals surface area contributed by atoms with Crippen molar-refractivity contribution in [1.82, 2.24) is 15.2 Å². The highest BCUT2D eigenvalue weighted by Crippen LogP contribution is 2.26.